The zero-order chi connectivity index (χ0) is 18.7. The van der Waals surface area contributed by atoms with Crippen LogP contribution in [0.3, 0.4) is 0 Å². The van der Waals surface area contributed by atoms with Gasteiger partial charge in [-0.05, 0) is 31.9 Å². The normalized spacial score (nSPS) is 15.1. The number of amides is 2. The molecule has 0 aliphatic carbocycles. The van der Waals surface area contributed by atoms with Gasteiger partial charge >= 0.3 is 12.0 Å². The molecule has 2 N–H and O–H groups in total. The van der Waals surface area contributed by atoms with Crippen LogP contribution in [-0.4, -0.2) is 40.1 Å². The van der Waals surface area contributed by atoms with Crippen LogP contribution in [0.4, 0.5) is 4.79 Å². The van der Waals surface area contributed by atoms with E-state index in [2.05, 4.69) is 10.3 Å². The molecule has 26 heavy (non-hydrogen) atoms. The van der Waals surface area contributed by atoms with Gasteiger partial charge in [-0.1, -0.05) is 23.7 Å². The summed E-state index contributed by atoms with van der Waals surface area (Å²) in [6.45, 7) is 3.30. The van der Waals surface area contributed by atoms with Crippen molar-refractivity contribution in [2.75, 3.05) is 13.1 Å². The Hall–Kier alpha value is -2.12. The molecule has 0 saturated carbocycles. The molecule has 1 fully saturated rings. The molecule has 1 aromatic carbocycles. The highest BCUT2D eigenvalue weighted by Crippen LogP contribution is 2.28. The molecule has 0 atom stereocenters. The van der Waals surface area contributed by atoms with E-state index in [1.165, 1.54) is 0 Å². The van der Waals surface area contributed by atoms with Gasteiger partial charge in [0.05, 0.1) is 18.2 Å². The van der Waals surface area contributed by atoms with Crippen molar-refractivity contribution >= 4 is 34.9 Å². The Labute approximate surface area is 160 Å². The van der Waals surface area contributed by atoms with Crippen LogP contribution in [0, 0.1) is 12.8 Å². The first-order valence-corrected chi connectivity index (χ1v) is 9.61. The van der Waals surface area contributed by atoms with Crippen molar-refractivity contribution < 1.29 is 14.7 Å². The standard InChI is InChI=1S/C18H20ClN3O3S/c1-11-16(12-2-4-14(19)5-3-12)21-15(26-11)10-20-18(25)22-8-6-13(7-9-22)17(23)24/h2-5,13H,6-10H2,1H3,(H,20,25)(H,23,24). The summed E-state index contributed by atoms with van der Waals surface area (Å²) in [6, 6.07) is 7.35. The summed E-state index contributed by atoms with van der Waals surface area (Å²) in [5, 5.41) is 13.4. The SMILES string of the molecule is Cc1sc(CNC(=O)N2CCC(C(=O)O)CC2)nc1-c1ccc(Cl)cc1. The molecule has 2 heterocycles. The number of carboxylic acid groups (broad SMARTS) is 1. The molecule has 1 aliphatic heterocycles. The fraction of sp³-hybridized carbons (Fsp3) is 0.389. The number of nitrogens with zero attached hydrogens (tertiary/aromatic N) is 2. The lowest BCUT2D eigenvalue weighted by Gasteiger charge is -2.30. The largest absolute Gasteiger partial charge is 0.481 e. The summed E-state index contributed by atoms with van der Waals surface area (Å²) >= 11 is 7.48. The number of hydrogen-bond donors (Lipinski definition) is 2. The number of carboxylic acids is 1. The number of rotatable bonds is 4. The molecule has 6 nitrogen and oxygen atoms in total. The number of aliphatic carboxylic acids is 1. The van der Waals surface area contributed by atoms with Gasteiger partial charge in [-0.2, -0.15) is 0 Å². The third-order valence-electron chi connectivity index (χ3n) is 4.48. The Bertz CT molecular complexity index is 799. The number of nitrogens with one attached hydrogen (secondary N) is 1. The molecule has 0 bridgehead atoms. The van der Waals surface area contributed by atoms with Gasteiger partial charge < -0.3 is 15.3 Å². The second-order valence-corrected chi connectivity index (χ2v) is 8.00. The van der Waals surface area contributed by atoms with Crippen molar-refractivity contribution in [2.45, 2.75) is 26.3 Å². The van der Waals surface area contributed by atoms with E-state index in [9.17, 15) is 9.59 Å². The van der Waals surface area contributed by atoms with Crippen molar-refractivity contribution in [1.29, 1.82) is 0 Å². The van der Waals surface area contributed by atoms with Gasteiger partial charge in [-0.3, -0.25) is 4.79 Å². The first-order valence-electron chi connectivity index (χ1n) is 8.42. The van der Waals surface area contributed by atoms with Crippen molar-refractivity contribution in [3.8, 4) is 11.3 Å². The number of halogens is 1. The molecule has 2 aromatic rings. The first kappa shape index (κ1) is 18.7. The second-order valence-electron chi connectivity index (χ2n) is 6.28. The van der Waals surface area contributed by atoms with E-state index in [0.717, 1.165) is 21.1 Å². The molecule has 1 aliphatic rings. The molecule has 1 saturated heterocycles. The smallest absolute Gasteiger partial charge is 0.317 e. The number of thiazole rings is 1. The lowest BCUT2D eigenvalue weighted by molar-refractivity contribution is -0.143. The highest BCUT2D eigenvalue weighted by atomic mass is 35.5. The average molecular weight is 394 g/mol. The topological polar surface area (TPSA) is 82.5 Å². The average Bonchev–Trinajstić information content (AvgIpc) is 3.01. The van der Waals surface area contributed by atoms with Crippen molar-refractivity contribution in [2.24, 2.45) is 5.92 Å². The van der Waals surface area contributed by atoms with Crippen LogP contribution in [0.1, 0.15) is 22.7 Å². The number of carbonyl (C=O) groups is 2. The number of urea groups is 1. The Balaban J connectivity index is 1.57. The summed E-state index contributed by atoms with van der Waals surface area (Å²) in [5.41, 5.74) is 1.90. The van der Waals surface area contributed by atoms with Crippen LogP contribution in [0.15, 0.2) is 24.3 Å². The van der Waals surface area contributed by atoms with Gasteiger partial charge in [0.1, 0.15) is 5.01 Å². The summed E-state index contributed by atoms with van der Waals surface area (Å²) in [4.78, 5) is 30.6. The molecule has 2 amide bonds. The minimum Gasteiger partial charge on any atom is -0.481 e. The minimum absolute atomic E-state index is 0.172. The Morgan fingerprint density at radius 1 is 1.31 bits per heavy atom. The number of aromatic nitrogens is 1. The number of benzene rings is 1. The van der Waals surface area contributed by atoms with E-state index < -0.39 is 5.97 Å². The zero-order valence-electron chi connectivity index (χ0n) is 14.4. The van der Waals surface area contributed by atoms with Crippen molar-refractivity contribution in [3.05, 3.63) is 39.2 Å². The van der Waals surface area contributed by atoms with Gasteiger partial charge in [-0.25, -0.2) is 9.78 Å². The predicted molar refractivity (Wildman–Crippen MR) is 101 cm³/mol. The third-order valence-corrected chi connectivity index (χ3v) is 5.70. The fourth-order valence-electron chi connectivity index (χ4n) is 3.00. The predicted octanol–water partition coefficient (Wildman–Crippen LogP) is 3.78. The number of likely N-dealkylation sites (tertiary alicyclic amines) is 1. The Morgan fingerprint density at radius 3 is 2.58 bits per heavy atom. The van der Waals surface area contributed by atoms with Crippen LogP contribution < -0.4 is 5.32 Å². The lowest BCUT2D eigenvalue weighted by atomic mass is 9.97. The van der Waals surface area contributed by atoms with Gasteiger partial charge in [0, 0.05) is 28.6 Å². The second kappa shape index (κ2) is 8.05. The maximum atomic E-state index is 12.3. The van der Waals surface area contributed by atoms with Crippen molar-refractivity contribution in [3.63, 3.8) is 0 Å². The lowest BCUT2D eigenvalue weighted by Crippen LogP contribution is -2.45. The molecule has 0 radical (unpaired) electrons. The van der Waals surface area contributed by atoms with E-state index in [1.54, 1.807) is 16.2 Å². The summed E-state index contributed by atoms with van der Waals surface area (Å²) in [7, 11) is 0. The van der Waals surface area contributed by atoms with E-state index >= 15 is 0 Å². The highest BCUT2D eigenvalue weighted by Gasteiger charge is 2.26. The number of carbonyl (C=O) groups excluding carboxylic acids is 1. The van der Waals surface area contributed by atoms with E-state index in [-0.39, 0.29) is 11.9 Å². The van der Waals surface area contributed by atoms with Gasteiger partial charge in [0.2, 0.25) is 0 Å². The van der Waals surface area contributed by atoms with Gasteiger partial charge in [-0.15, -0.1) is 11.3 Å². The molecule has 0 spiro atoms. The van der Waals surface area contributed by atoms with Crippen LogP contribution in [0.5, 0.6) is 0 Å². The zero-order valence-corrected chi connectivity index (χ0v) is 15.9. The fourth-order valence-corrected chi connectivity index (χ4v) is 4.02. The summed E-state index contributed by atoms with van der Waals surface area (Å²) in [5.74, 6) is -1.12. The third kappa shape index (κ3) is 4.34. The van der Waals surface area contributed by atoms with Crippen LogP contribution >= 0.6 is 22.9 Å². The highest BCUT2D eigenvalue weighted by molar-refractivity contribution is 7.12. The first-order chi connectivity index (χ1) is 12.4. The molecule has 8 heteroatoms. The maximum Gasteiger partial charge on any atom is 0.317 e. The Kier molecular flexibility index (Phi) is 5.78. The molecular weight excluding hydrogens is 374 g/mol. The van der Waals surface area contributed by atoms with Gasteiger partial charge in [0.25, 0.3) is 0 Å². The Morgan fingerprint density at radius 2 is 1.96 bits per heavy atom. The van der Waals surface area contributed by atoms with Crippen LogP contribution in [-0.2, 0) is 11.3 Å². The van der Waals surface area contributed by atoms with E-state index in [0.29, 0.717) is 37.5 Å². The molecule has 138 valence electrons. The van der Waals surface area contributed by atoms with E-state index in [1.807, 2.05) is 31.2 Å². The monoisotopic (exact) mass is 393 g/mol. The molecular formula is C18H20ClN3O3S. The number of aryl methyl sites for hydroxylation is 1. The maximum absolute atomic E-state index is 12.3. The molecule has 3 rings (SSSR count). The quantitative estimate of drug-likeness (QED) is 0.828. The molecule has 1 aromatic heterocycles. The van der Waals surface area contributed by atoms with E-state index in [4.69, 9.17) is 16.7 Å². The number of piperidine rings is 1. The molecule has 0 unspecified atom stereocenters. The number of hydrogen-bond acceptors (Lipinski definition) is 4. The summed E-state index contributed by atoms with van der Waals surface area (Å²) < 4.78 is 0. The van der Waals surface area contributed by atoms with Crippen LogP contribution in [0.2, 0.25) is 5.02 Å². The minimum atomic E-state index is -0.780. The van der Waals surface area contributed by atoms with Gasteiger partial charge in [0.15, 0.2) is 0 Å². The van der Waals surface area contributed by atoms with Crippen LogP contribution in [0.25, 0.3) is 11.3 Å². The van der Waals surface area contributed by atoms with Crippen molar-refractivity contribution in [1.82, 2.24) is 15.2 Å². The summed E-state index contributed by atoms with van der Waals surface area (Å²) in [6.07, 6.45) is 1.000.